The molecule has 0 amide bonds. The lowest BCUT2D eigenvalue weighted by molar-refractivity contribution is -0.0180. The first-order valence-corrected chi connectivity index (χ1v) is 7.42. The van der Waals surface area contributed by atoms with Crippen LogP contribution in [-0.4, -0.2) is 36.2 Å². The quantitative estimate of drug-likeness (QED) is 0.704. The summed E-state index contributed by atoms with van der Waals surface area (Å²) in [6.45, 7) is 9.80. The van der Waals surface area contributed by atoms with Crippen molar-refractivity contribution >= 4 is 0 Å². The fourth-order valence-corrected chi connectivity index (χ4v) is 2.79. The van der Waals surface area contributed by atoms with Crippen LogP contribution in [0.25, 0.3) is 0 Å². The second kappa shape index (κ2) is 5.71. The summed E-state index contributed by atoms with van der Waals surface area (Å²) in [5.41, 5.74) is 0.0148. The summed E-state index contributed by atoms with van der Waals surface area (Å²) in [6.07, 6.45) is 8.63. The van der Waals surface area contributed by atoms with E-state index in [0.717, 1.165) is 25.1 Å². The Morgan fingerprint density at radius 3 is 2.24 bits per heavy atom. The van der Waals surface area contributed by atoms with Gasteiger partial charge < -0.3 is 4.74 Å². The predicted octanol–water partition coefficient (Wildman–Crippen LogP) is 3.46. The van der Waals surface area contributed by atoms with E-state index in [1.165, 1.54) is 45.1 Å². The molecule has 2 aliphatic carbocycles. The van der Waals surface area contributed by atoms with Crippen molar-refractivity contribution in [1.29, 1.82) is 0 Å². The highest BCUT2D eigenvalue weighted by atomic mass is 16.5. The SMILES string of the molecule is CC(C)(C)OCCN(CC1CC1)C1CCCC1. The molecule has 2 saturated carbocycles. The third-order valence-corrected chi connectivity index (χ3v) is 3.94. The standard InChI is InChI=1S/C15H29NO/c1-15(2,3)17-11-10-16(12-13-8-9-13)14-6-4-5-7-14/h13-14H,4-12H2,1-3H3. The van der Waals surface area contributed by atoms with Gasteiger partial charge in [-0.1, -0.05) is 12.8 Å². The summed E-state index contributed by atoms with van der Waals surface area (Å²) < 4.78 is 5.88. The fourth-order valence-electron chi connectivity index (χ4n) is 2.79. The van der Waals surface area contributed by atoms with E-state index in [4.69, 9.17) is 4.74 Å². The molecule has 0 bridgehead atoms. The summed E-state index contributed by atoms with van der Waals surface area (Å²) in [5.74, 6) is 1.00. The first-order valence-electron chi connectivity index (χ1n) is 7.42. The monoisotopic (exact) mass is 239 g/mol. The van der Waals surface area contributed by atoms with Crippen LogP contribution in [0.3, 0.4) is 0 Å². The van der Waals surface area contributed by atoms with E-state index in [1.54, 1.807) is 0 Å². The van der Waals surface area contributed by atoms with E-state index in [-0.39, 0.29) is 5.60 Å². The second-order valence-corrected chi connectivity index (χ2v) is 6.84. The van der Waals surface area contributed by atoms with E-state index in [1.807, 2.05) is 0 Å². The molecule has 17 heavy (non-hydrogen) atoms. The van der Waals surface area contributed by atoms with Crippen LogP contribution < -0.4 is 0 Å². The molecule has 2 fully saturated rings. The molecule has 100 valence electrons. The van der Waals surface area contributed by atoms with Gasteiger partial charge in [-0.15, -0.1) is 0 Å². The maximum absolute atomic E-state index is 5.88. The summed E-state index contributed by atoms with van der Waals surface area (Å²) in [6, 6.07) is 0.860. The third-order valence-electron chi connectivity index (χ3n) is 3.94. The highest BCUT2D eigenvalue weighted by Crippen LogP contribution is 2.32. The predicted molar refractivity (Wildman–Crippen MR) is 72.3 cm³/mol. The Kier molecular flexibility index (Phi) is 4.48. The Hall–Kier alpha value is -0.0800. The van der Waals surface area contributed by atoms with E-state index >= 15 is 0 Å². The Balaban J connectivity index is 1.73. The largest absolute Gasteiger partial charge is 0.375 e. The molecule has 0 aromatic heterocycles. The summed E-state index contributed by atoms with van der Waals surface area (Å²) in [4.78, 5) is 2.72. The van der Waals surface area contributed by atoms with E-state index in [2.05, 4.69) is 25.7 Å². The zero-order valence-electron chi connectivity index (χ0n) is 11.9. The maximum atomic E-state index is 5.88. The number of ether oxygens (including phenoxy) is 1. The van der Waals surface area contributed by atoms with E-state index in [9.17, 15) is 0 Å². The van der Waals surface area contributed by atoms with Gasteiger partial charge in [-0.05, 0) is 52.4 Å². The van der Waals surface area contributed by atoms with Crippen molar-refractivity contribution in [2.75, 3.05) is 19.7 Å². The van der Waals surface area contributed by atoms with Gasteiger partial charge in [-0.3, -0.25) is 4.90 Å². The summed E-state index contributed by atoms with van der Waals surface area (Å²) in [5, 5.41) is 0. The molecule has 0 saturated heterocycles. The highest BCUT2D eigenvalue weighted by Gasteiger charge is 2.29. The minimum Gasteiger partial charge on any atom is -0.375 e. The number of hydrogen-bond acceptors (Lipinski definition) is 2. The maximum Gasteiger partial charge on any atom is 0.0600 e. The van der Waals surface area contributed by atoms with Crippen LogP contribution in [0.1, 0.15) is 59.3 Å². The average molecular weight is 239 g/mol. The minimum atomic E-state index is 0.0148. The molecule has 0 heterocycles. The topological polar surface area (TPSA) is 12.5 Å². The van der Waals surface area contributed by atoms with Crippen molar-refractivity contribution in [3.63, 3.8) is 0 Å². The molecule has 2 heteroatoms. The van der Waals surface area contributed by atoms with Crippen LogP contribution >= 0.6 is 0 Å². The Morgan fingerprint density at radius 1 is 1.06 bits per heavy atom. The Bertz CT molecular complexity index is 224. The van der Waals surface area contributed by atoms with Crippen LogP contribution in [0, 0.1) is 5.92 Å². The molecule has 2 nitrogen and oxygen atoms in total. The molecule has 0 unspecified atom stereocenters. The van der Waals surface area contributed by atoms with Gasteiger partial charge in [0.05, 0.1) is 12.2 Å². The molecule has 0 spiro atoms. The van der Waals surface area contributed by atoms with Gasteiger partial charge in [-0.2, -0.15) is 0 Å². The van der Waals surface area contributed by atoms with Crippen LogP contribution in [0.4, 0.5) is 0 Å². The average Bonchev–Trinajstić information content (AvgIpc) is 2.88. The molecule has 0 atom stereocenters. The summed E-state index contributed by atoms with van der Waals surface area (Å²) >= 11 is 0. The lowest BCUT2D eigenvalue weighted by Gasteiger charge is -2.30. The minimum absolute atomic E-state index is 0.0148. The van der Waals surface area contributed by atoms with Crippen molar-refractivity contribution < 1.29 is 4.74 Å². The van der Waals surface area contributed by atoms with Crippen LogP contribution in [0.15, 0.2) is 0 Å². The molecular weight excluding hydrogens is 210 g/mol. The Morgan fingerprint density at radius 2 is 1.71 bits per heavy atom. The molecule has 0 aromatic carbocycles. The highest BCUT2D eigenvalue weighted by molar-refractivity contribution is 4.83. The van der Waals surface area contributed by atoms with E-state index in [0.29, 0.717) is 0 Å². The Labute approximate surface area is 107 Å². The van der Waals surface area contributed by atoms with Gasteiger partial charge in [0.2, 0.25) is 0 Å². The zero-order valence-corrected chi connectivity index (χ0v) is 11.9. The third kappa shape index (κ3) is 4.97. The first kappa shape index (κ1) is 13.4. The van der Waals surface area contributed by atoms with Crippen molar-refractivity contribution in [3.8, 4) is 0 Å². The number of hydrogen-bond donors (Lipinski definition) is 0. The van der Waals surface area contributed by atoms with Crippen molar-refractivity contribution in [2.24, 2.45) is 5.92 Å². The normalized spacial score (nSPS) is 22.6. The van der Waals surface area contributed by atoms with Crippen molar-refractivity contribution in [1.82, 2.24) is 4.90 Å². The molecule has 0 aromatic rings. The summed E-state index contributed by atoms with van der Waals surface area (Å²) in [7, 11) is 0. The lowest BCUT2D eigenvalue weighted by Crippen LogP contribution is -2.38. The number of rotatable bonds is 6. The fraction of sp³-hybridized carbons (Fsp3) is 1.00. The van der Waals surface area contributed by atoms with Crippen LogP contribution in [-0.2, 0) is 4.74 Å². The van der Waals surface area contributed by atoms with Crippen molar-refractivity contribution in [3.05, 3.63) is 0 Å². The van der Waals surface area contributed by atoms with Crippen LogP contribution in [0.2, 0.25) is 0 Å². The van der Waals surface area contributed by atoms with Gasteiger partial charge in [0.25, 0.3) is 0 Å². The van der Waals surface area contributed by atoms with Crippen LogP contribution in [0.5, 0.6) is 0 Å². The molecule has 0 aliphatic heterocycles. The lowest BCUT2D eigenvalue weighted by atomic mass is 10.2. The van der Waals surface area contributed by atoms with Gasteiger partial charge in [0.15, 0.2) is 0 Å². The molecule has 0 radical (unpaired) electrons. The van der Waals surface area contributed by atoms with Gasteiger partial charge >= 0.3 is 0 Å². The first-order chi connectivity index (χ1) is 8.04. The zero-order chi connectivity index (χ0) is 12.3. The molecule has 0 N–H and O–H groups in total. The number of nitrogens with zero attached hydrogens (tertiary/aromatic N) is 1. The van der Waals surface area contributed by atoms with Crippen molar-refractivity contribution in [2.45, 2.75) is 70.9 Å². The van der Waals surface area contributed by atoms with Gasteiger partial charge in [0.1, 0.15) is 0 Å². The molecule has 2 aliphatic rings. The molecule has 2 rings (SSSR count). The van der Waals surface area contributed by atoms with Gasteiger partial charge in [-0.25, -0.2) is 0 Å². The van der Waals surface area contributed by atoms with Gasteiger partial charge in [0, 0.05) is 19.1 Å². The molecular formula is C15H29NO. The second-order valence-electron chi connectivity index (χ2n) is 6.84. The van der Waals surface area contributed by atoms with E-state index < -0.39 is 0 Å². The smallest absolute Gasteiger partial charge is 0.0600 e.